The second-order valence-corrected chi connectivity index (χ2v) is 11.4. The molecule has 0 aliphatic carbocycles. The maximum Gasteiger partial charge on any atom is 0.414 e. The quantitative estimate of drug-likeness (QED) is 0.370. The van der Waals surface area contributed by atoms with Crippen LogP contribution in [0.1, 0.15) is 21.6 Å². The van der Waals surface area contributed by atoms with Gasteiger partial charge >= 0.3 is 12.2 Å². The number of likely N-dealkylation sites (N-methyl/N-ethyl adjacent to an activating group) is 1. The van der Waals surface area contributed by atoms with E-state index in [-0.39, 0.29) is 28.6 Å². The molecule has 3 heterocycles. The molecule has 234 valence electrons. The summed E-state index contributed by atoms with van der Waals surface area (Å²) in [6.45, 7) is 7.83. The van der Waals surface area contributed by atoms with Crippen LogP contribution in [0.2, 0.25) is 0 Å². The molecule has 3 aromatic rings. The van der Waals surface area contributed by atoms with E-state index in [1.54, 1.807) is 27.3 Å². The monoisotopic (exact) mass is 605 g/mol. The second kappa shape index (κ2) is 12.6. The number of nitrogens with zero attached hydrogens (tertiary/aromatic N) is 5. The zero-order valence-corrected chi connectivity index (χ0v) is 26.3. The number of allylic oxidation sites excluding steroid dienone is 1. The van der Waals surface area contributed by atoms with Crippen molar-refractivity contribution in [3.05, 3.63) is 52.9 Å². The highest BCUT2D eigenvalue weighted by Crippen LogP contribution is 2.43. The topological polar surface area (TPSA) is 106 Å². The number of ketones is 1. The third kappa shape index (κ3) is 6.22. The van der Waals surface area contributed by atoms with Gasteiger partial charge in [-0.2, -0.15) is 0 Å². The number of aromatic nitrogens is 1. The first kappa shape index (κ1) is 30.9. The first-order chi connectivity index (χ1) is 21.0. The lowest BCUT2D eigenvalue weighted by Gasteiger charge is -2.32. The number of benzene rings is 2. The van der Waals surface area contributed by atoms with Crippen LogP contribution in [0.3, 0.4) is 0 Å². The molecule has 5 rings (SSSR count). The van der Waals surface area contributed by atoms with Crippen molar-refractivity contribution < 1.29 is 33.3 Å². The highest BCUT2D eigenvalue weighted by Gasteiger charge is 2.34. The number of Topliss-reactive ketones (excluding diaryl/α,β-unsaturated/α-hetero) is 1. The standard InChI is InChI=1S/C32H39N5O7/c1-20-23(24-16-21(41-7)8-9-25(24)37(20)15-14-36-12-10-35(6)11-13-36)19-28-30(38)29-26(43-28)17-22(42-31(39)33(2)3)18-27(29)44-32(40)34(4)5/h8-9,16-19H,10-15H2,1-7H3. The molecule has 2 aliphatic rings. The predicted octanol–water partition coefficient (Wildman–Crippen LogP) is 3.94. The van der Waals surface area contributed by atoms with Gasteiger partial charge in [-0.25, -0.2) is 9.59 Å². The van der Waals surface area contributed by atoms with Crippen molar-refractivity contribution in [2.45, 2.75) is 13.5 Å². The van der Waals surface area contributed by atoms with Crippen LogP contribution in [0, 0.1) is 6.92 Å². The predicted molar refractivity (Wildman–Crippen MR) is 166 cm³/mol. The summed E-state index contributed by atoms with van der Waals surface area (Å²) < 4.78 is 24.8. The van der Waals surface area contributed by atoms with Crippen LogP contribution in [0.4, 0.5) is 9.59 Å². The van der Waals surface area contributed by atoms with Crippen molar-refractivity contribution in [3.63, 3.8) is 0 Å². The van der Waals surface area contributed by atoms with Crippen molar-refractivity contribution in [3.8, 4) is 23.0 Å². The highest BCUT2D eigenvalue weighted by molar-refractivity contribution is 6.17. The minimum atomic E-state index is -0.695. The molecule has 0 bridgehead atoms. The number of fused-ring (bicyclic) bond motifs is 2. The highest BCUT2D eigenvalue weighted by atomic mass is 16.6. The van der Waals surface area contributed by atoms with Crippen molar-refractivity contribution in [1.82, 2.24) is 24.2 Å². The third-order valence-corrected chi connectivity index (χ3v) is 7.93. The van der Waals surface area contributed by atoms with E-state index in [4.69, 9.17) is 18.9 Å². The molecule has 0 radical (unpaired) electrons. The fourth-order valence-corrected chi connectivity index (χ4v) is 5.30. The van der Waals surface area contributed by atoms with Gasteiger partial charge in [0.05, 0.1) is 7.11 Å². The van der Waals surface area contributed by atoms with Gasteiger partial charge in [-0.05, 0) is 38.2 Å². The zero-order valence-electron chi connectivity index (χ0n) is 26.3. The summed E-state index contributed by atoms with van der Waals surface area (Å²) in [6, 6.07) is 8.70. The maximum atomic E-state index is 13.8. The number of amides is 2. The van der Waals surface area contributed by atoms with Crippen LogP contribution in [0.5, 0.6) is 23.0 Å². The molecule has 44 heavy (non-hydrogen) atoms. The molecule has 12 heteroatoms. The number of rotatable bonds is 7. The van der Waals surface area contributed by atoms with Crippen LogP contribution in [-0.4, -0.2) is 117 Å². The molecule has 0 atom stereocenters. The number of methoxy groups -OCH3 is 1. The smallest absolute Gasteiger partial charge is 0.414 e. The Hall–Kier alpha value is -4.55. The Kier molecular flexibility index (Phi) is 8.84. The average Bonchev–Trinajstić information content (AvgIpc) is 3.44. The molecule has 2 amide bonds. The van der Waals surface area contributed by atoms with Gasteiger partial charge in [-0.1, -0.05) is 0 Å². The molecule has 2 aromatic carbocycles. The minimum absolute atomic E-state index is 0.0577. The molecular weight excluding hydrogens is 566 g/mol. The Balaban J connectivity index is 1.53. The molecule has 0 unspecified atom stereocenters. The van der Waals surface area contributed by atoms with Crippen molar-refractivity contribution in [2.75, 3.05) is 75.1 Å². The van der Waals surface area contributed by atoms with Gasteiger partial charge in [0, 0.05) is 102 Å². The van der Waals surface area contributed by atoms with Crippen LogP contribution in [0.15, 0.2) is 36.1 Å². The lowest BCUT2D eigenvalue weighted by Crippen LogP contribution is -2.45. The van der Waals surface area contributed by atoms with Gasteiger partial charge in [0.25, 0.3) is 0 Å². The molecule has 0 saturated carbocycles. The molecule has 1 saturated heterocycles. The molecule has 2 aliphatic heterocycles. The summed E-state index contributed by atoms with van der Waals surface area (Å²) in [6.07, 6.45) is 0.387. The zero-order chi connectivity index (χ0) is 31.7. The van der Waals surface area contributed by atoms with Gasteiger partial charge in [0.15, 0.2) is 11.5 Å². The van der Waals surface area contributed by atoms with Crippen molar-refractivity contribution >= 4 is 34.9 Å². The van der Waals surface area contributed by atoms with E-state index in [1.807, 2.05) is 25.1 Å². The number of piperazine rings is 1. The van der Waals surface area contributed by atoms with Crippen LogP contribution in [-0.2, 0) is 6.54 Å². The Morgan fingerprint density at radius 1 is 0.932 bits per heavy atom. The Morgan fingerprint density at radius 3 is 2.27 bits per heavy atom. The van der Waals surface area contributed by atoms with Crippen molar-refractivity contribution in [1.29, 1.82) is 0 Å². The lowest BCUT2D eigenvalue weighted by molar-refractivity contribution is 0.101. The van der Waals surface area contributed by atoms with Crippen LogP contribution >= 0.6 is 0 Å². The minimum Gasteiger partial charge on any atom is -0.497 e. The molecule has 0 spiro atoms. The number of hydrogen-bond donors (Lipinski definition) is 0. The Morgan fingerprint density at radius 2 is 1.61 bits per heavy atom. The summed E-state index contributed by atoms with van der Waals surface area (Å²) in [5, 5.41) is 0.917. The fourth-order valence-electron chi connectivity index (χ4n) is 5.30. The maximum absolute atomic E-state index is 13.8. The average molecular weight is 606 g/mol. The molecule has 0 N–H and O–H groups in total. The van der Waals surface area contributed by atoms with E-state index in [9.17, 15) is 14.4 Å². The van der Waals surface area contributed by atoms with E-state index < -0.39 is 18.0 Å². The van der Waals surface area contributed by atoms with Gasteiger partial charge < -0.3 is 38.2 Å². The van der Waals surface area contributed by atoms with E-state index in [0.29, 0.717) is 5.75 Å². The lowest BCUT2D eigenvalue weighted by atomic mass is 10.1. The van der Waals surface area contributed by atoms with Gasteiger partial charge in [0.2, 0.25) is 5.78 Å². The SMILES string of the molecule is COc1ccc2c(c1)c(C=C1Oc3cc(OC(=O)N(C)C)cc(OC(=O)N(C)C)c3C1=O)c(C)n2CCN1CCN(C)CC1. The van der Waals surface area contributed by atoms with Gasteiger partial charge in [-0.3, -0.25) is 9.69 Å². The van der Waals surface area contributed by atoms with E-state index in [1.165, 1.54) is 36.0 Å². The summed E-state index contributed by atoms with van der Waals surface area (Å²) in [5.74, 6) is 0.431. The second-order valence-electron chi connectivity index (χ2n) is 11.4. The van der Waals surface area contributed by atoms with Crippen molar-refractivity contribution in [2.24, 2.45) is 0 Å². The first-order valence-electron chi connectivity index (χ1n) is 14.4. The summed E-state index contributed by atoms with van der Waals surface area (Å²) >= 11 is 0. The number of hydrogen-bond acceptors (Lipinski definition) is 9. The first-order valence-corrected chi connectivity index (χ1v) is 14.4. The number of carbonyl (C=O) groups excluding carboxylic acids is 3. The number of carbonyl (C=O) groups is 3. The largest absolute Gasteiger partial charge is 0.497 e. The van der Waals surface area contributed by atoms with E-state index >= 15 is 0 Å². The molecular formula is C32H39N5O7. The molecule has 1 aromatic heterocycles. The summed E-state index contributed by atoms with van der Waals surface area (Å²) in [4.78, 5) is 45.8. The van der Waals surface area contributed by atoms with Gasteiger partial charge in [0.1, 0.15) is 22.8 Å². The van der Waals surface area contributed by atoms with Crippen LogP contribution < -0.4 is 18.9 Å². The van der Waals surface area contributed by atoms with Crippen LogP contribution in [0.25, 0.3) is 17.0 Å². The normalized spacial score (nSPS) is 16.2. The fraction of sp³-hybridized carbons (Fsp3) is 0.406. The van der Waals surface area contributed by atoms with E-state index in [2.05, 4.69) is 21.4 Å². The summed E-state index contributed by atoms with van der Waals surface area (Å²) in [7, 11) is 9.90. The third-order valence-electron chi connectivity index (χ3n) is 7.93. The van der Waals surface area contributed by atoms with Gasteiger partial charge in [-0.15, -0.1) is 0 Å². The molecule has 1 fully saturated rings. The molecule has 12 nitrogen and oxygen atoms in total. The summed E-state index contributed by atoms with van der Waals surface area (Å²) in [5.41, 5.74) is 2.89. The number of ether oxygens (including phenoxy) is 4. The van der Waals surface area contributed by atoms with E-state index in [0.717, 1.165) is 61.4 Å². The Bertz CT molecular complexity index is 1630. The Labute approximate surface area is 256 Å².